The molecule has 0 aliphatic carbocycles. The number of hydrogen-bond donors (Lipinski definition) is 1. The molecule has 21 heavy (non-hydrogen) atoms. The summed E-state index contributed by atoms with van der Waals surface area (Å²) in [7, 11) is 0. The second-order valence-corrected chi connectivity index (χ2v) is 6.27. The first-order chi connectivity index (χ1) is 9.97. The fourth-order valence-corrected chi connectivity index (χ4v) is 2.90. The van der Waals surface area contributed by atoms with Gasteiger partial charge in [0.1, 0.15) is 5.69 Å². The van der Waals surface area contributed by atoms with Crippen LogP contribution in [0.15, 0.2) is 18.2 Å². The highest BCUT2D eigenvalue weighted by molar-refractivity contribution is 5.64. The first-order valence-corrected chi connectivity index (χ1v) is 7.70. The van der Waals surface area contributed by atoms with Gasteiger partial charge in [0.2, 0.25) is 0 Å². The Morgan fingerprint density at radius 1 is 1.48 bits per heavy atom. The maximum absolute atomic E-state index is 11.3. The third kappa shape index (κ3) is 4.17. The Bertz CT molecular complexity index is 502. The van der Waals surface area contributed by atoms with E-state index in [9.17, 15) is 10.1 Å². The third-order valence-electron chi connectivity index (χ3n) is 4.00. The number of nitrogens with one attached hydrogen (secondary N) is 1. The molecular weight excluding hydrogens is 266 g/mol. The Morgan fingerprint density at radius 3 is 2.90 bits per heavy atom. The molecule has 1 aliphatic rings. The van der Waals surface area contributed by atoms with E-state index in [4.69, 9.17) is 0 Å². The monoisotopic (exact) mass is 291 g/mol. The number of nitro benzene ring substituents is 1. The van der Waals surface area contributed by atoms with Crippen LogP contribution in [0.3, 0.4) is 0 Å². The average molecular weight is 291 g/mol. The van der Waals surface area contributed by atoms with Gasteiger partial charge in [-0.15, -0.1) is 0 Å². The summed E-state index contributed by atoms with van der Waals surface area (Å²) in [6, 6.07) is 6.00. The number of nitro groups is 1. The summed E-state index contributed by atoms with van der Waals surface area (Å²) >= 11 is 0. The molecule has 1 fully saturated rings. The molecule has 1 aromatic rings. The molecule has 0 spiro atoms. The minimum absolute atomic E-state index is 0.229. The molecule has 0 bridgehead atoms. The summed E-state index contributed by atoms with van der Waals surface area (Å²) in [6.45, 7) is 8.96. The molecule has 116 valence electrons. The SMILES string of the molecule is Cc1ccc(N2CCCC(CNC(C)C)C2)c([N+](=O)[O-])c1. The quantitative estimate of drug-likeness (QED) is 0.669. The van der Waals surface area contributed by atoms with Gasteiger partial charge in [-0.2, -0.15) is 0 Å². The van der Waals surface area contributed by atoms with Gasteiger partial charge in [0, 0.05) is 25.2 Å². The molecule has 1 N–H and O–H groups in total. The van der Waals surface area contributed by atoms with E-state index in [1.807, 2.05) is 19.1 Å². The van der Waals surface area contributed by atoms with E-state index in [0.29, 0.717) is 12.0 Å². The number of benzene rings is 1. The maximum Gasteiger partial charge on any atom is 0.292 e. The van der Waals surface area contributed by atoms with Crippen molar-refractivity contribution in [3.63, 3.8) is 0 Å². The number of rotatable bonds is 5. The van der Waals surface area contributed by atoms with Gasteiger partial charge in [0.15, 0.2) is 0 Å². The van der Waals surface area contributed by atoms with E-state index in [-0.39, 0.29) is 10.6 Å². The summed E-state index contributed by atoms with van der Waals surface area (Å²) in [5.74, 6) is 0.557. The van der Waals surface area contributed by atoms with Crippen LogP contribution >= 0.6 is 0 Å². The zero-order valence-electron chi connectivity index (χ0n) is 13.1. The van der Waals surface area contributed by atoms with Gasteiger partial charge in [-0.05, 0) is 43.9 Å². The molecule has 0 saturated carbocycles. The topological polar surface area (TPSA) is 58.4 Å². The smallest absolute Gasteiger partial charge is 0.292 e. The van der Waals surface area contributed by atoms with Gasteiger partial charge in [-0.25, -0.2) is 0 Å². The lowest BCUT2D eigenvalue weighted by Crippen LogP contribution is -2.41. The van der Waals surface area contributed by atoms with Crippen LogP contribution in [0, 0.1) is 23.0 Å². The first kappa shape index (κ1) is 15.8. The molecule has 5 nitrogen and oxygen atoms in total. The van der Waals surface area contributed by atoms with Crippen molar-refractivity contribution < 1.29 is 4.92 Å². The molecule has 0 amide bonds. The van der Waals surface area contributed by atoms with Gasteiger partial charge < -0.3 is 10.2 Å². The molecule has 0 aromatic heterocycles. The molecule has 1 saturated heterocycles. The summed E-state index contributed by atoms with van der Waals surface area (Å²) in [4.78, 5) is 13.2. The second-order valence-electron chi connectivity index (χ2n) is 6.27. The minimum atomic E-state index is -0.266. The van der Waals surface area contributed by atoms with Crippen molar-refractivity contribution in [3.8, 4) is 0 Å². The van der Waals surface area contributed by atoms with Gasteiger partial charge in [0.05, 0.1) is 4.92 Å². The number of piperidine rings is 1. The van der Waals surface area contributed by atoms with Crippen molar-refractivity contribution in [1.29, 1.82) is 0 Å². The van der Waals surface area contributed by atoms with Crippen LogP contribution in [0.25, 0.3) is 0 Å². The predicted octanol–water partition coefficient (Wildman–Crippen LogP) is 3.12. The largest absolute Gasteiger partial charge is 0.366 e. The molecule has 1 aliphatic heterocycles. The van der Waals surface area contributed by atoms with Gasteiger partial charge >= 0.3 is 0 Å². The van der Waals surface area contributed by atoms with Crippen molar-refractivity contribution in [2.45, 2.75) is 39.7 Å². The molecule has 1 atom stereocenters. The van der Waals surface area contributed by atoms with E-state index in [2.05, 4.69) is 24.1 Å². The average Bonchev–Trinajstić information content (AvgIpc) is 2.45. The Labute approximate surface area is 126 Å². The van der Waals surface area contributed by atoms with E-state index in [1.165, 1.54) is 6.42 Å². The Morgan fingerprint density at radius 2 is 2.24 bits per heavy atom. The lowest BCUT2D eigenvalue weighted by Gasteiger charge is -2.34. The molecule has 1 heterocycles. The standard InChI is InChI=1S/C16H25N3O2/c1-12(2)17-10-14-5-4-8-18(11-14)15-7-6-13(3)9-16(15)19(20)21/h6-7,9,12,14,17H,4-5,8,10-11H2,1-3H3. The van der Waals surface area contributed by atoms with E-state index >= 15 is 0 Å². The van der Waals surface area contributed by atoms with E-state index in [1.54, 1.807) is 6.07 Å². The predicted molar refractivity (Wildman–Crippen MR) is 85.9 cm³/mol. The molecule has 1 aromatic carbocycles. The molecular formula is C16H25N3O2. The van der Waals surface area contributed by atoms with E-state index in [0.717, 1.165) is 37.3 Å². The summed E-state index contributed by atoms with van der Waals surface area (Å²) < 4.78 is 0. The van der Waals surface area contributed by atoms with Crippen LogP contribution in [-0.4, -0.2) is 30.6 Å². The Balaban J connectivity index is 2.12. The lowest BCUT2D eigenvalue weighted by molar-refractivity contribution is -0.384. The Hall–Kier alpha value is -1.62. The van der Waals surface area contributed by atoms with Crippen molar-refractivity contribution >= 4 is 11.4 Å². The fourth-order valence-electron chi connectivity index (χ4n) is 2.90. The van der Waals surface area contributed by atoms with Gasteiger partial charge in [0.25, 0.3) is 5.69 Å². The zero-order valence-corrected chi connectivity index (χ0v) is 13.1. The minimum Gasteiger partial charge on any atom is -0.366 e. The third-order valence-corrected chi connectivity index (χ3v) is 4.00. The maximum atomic E-state index is 11.3. The van der Waals surface area contributed by atoms with Crippen molar-refractivity contribution in [2.75, 3.05) is 24.5 Å². The van der Waals surface area contributed by atoms with Crippen LogP contribution in [0.4, 0.5) is 11.4 Å². The number of hydrogen-bond acceptors (Lipinski definition) is 4. The highest BCUT2D eigenvalue weighted by atomic mass is 16.6. The normalized spacial score (nSPS) is 19.0. The second kappa shape index (κ2) is 6.89. The van der Waals surface area contributed by atoms with Crippen LogP contribution < -0.4 is 10.2 Å². The number of anilines is 1. The van der Waals surface area contributed by atoms with Gasteiger partial charge in [-0.3, -0.25) is 10.1 Å². The highest BCUT2D eigenvalue weighted by Crippen LogP contribution is 2.32. The molecule has 5 heteroatoms. The molecule has 1 unspecified atom stereocenters. The van der Waals surface area contributed by atoms with Crippen molar-refractivity contribution in [2.24, 2.45) is 5.92 Å². The number of aryl methyl sites for hydroxylation is 1. The van der Waals surface area contributed by atoms with Crippen LogP contribution in [0.5, 0.6) is 0 Å². The van der Waals surface area contributed by atoms with Gasteiger partial charge in [-0.1, -0.05) is 19.9 Å². The van der Waals surface area contributed by atoms with Crippen LogP contribution in [-0.2, 0) is 0 Å². The summed E-state index contributed by atoms with van der Waals surface area (Å²) in [6.07, 6.45) is 2.28. The summed E-state index contributed by atoms with van der Waals surface area (Å²) in [5, 5.41) is 14.8. The molecule has 0 radical (unpaired) electrons. The lowest BCUT2D eigenvalue weighted by atomic mass is 9.97. The van der Waals surface area contributed by atoms with Crippen LogP contribution in [0.1, 0.15) is 32.3 Å². The van der Waals surface area contributed by atoms with Crippen LogP contribution in [0.2, 0.25) is 0 Å². The molecule has 2 rings (SSSR count). The summed E-state index contributed by atoms with van der Waals surface area (Å²) in [5.41, 5.74) is 1.92. The van der Waals surface area contributed by atoms with E-state index < -0.39 is 0 Å². The number of nitrogens with zero attached hydrogens (tertiary/aromatic N) is 2. The first-order valence-electron chi connectivity index (χ1n) is 7.70. The zero-order chi connectivity index (χ0) is 15.4. The Kier molecular flexibility index (Phi) is 5.17. The van der Waals surface area contributed by atoms with Crippen molar-refractivity contribution in [3.05, 3.63) is 33.9 Å². The highest BCUT2D eigenvalue weighted by Gasteiger charge is 2.25. The van der Waals surface area contributed by atoms with Crippen molar-refractivity contribution in [1.82, 2.24) is 5.32 Å². The fraction of sp³-hybridized carbons (Fsp3) is 0.625.